The topological polar surface area (TPSA) is 65.5 Å². The largest absolute Gasteiger partial charge is 0.459 e. The van der Waals surface area contributed by atoms with E-state index >= 15 is 0 Å². The van der Waals surface area contributed by atoms with Crippen LogP contribution in [-0.4, -0.2) is 35.5 Å². The summed E-state index contributed by atoms with van der Waals surface area (Å²) < 4.78 is 51.8. The molecule has 1 atom stereocenters. The number of pyridine rings is 1. The van der Waals surface area contributed by atoms with Gasteiger partial charge >= 0.3 is 11.9 Å². The Morgan fingerprint density at radius 1 is 1.06 bits per heavy atom. The molecule has 3 rings (SSSR count). The van der Waals surface area contributed by atoms with Gasteiger partial charge in [-0.25, -0.2) is 18.6 Å². The number of carbonyl (C=O) groups is 2. The van der Waals surface area contributed by atoms with Crippen LogP contribution in [0.15, 0.2) is 47.5 Å². The summed E-state index contributed by atoms with van der Waals surface area (Å²) >= 11 is 0.879. The van der Waals surface area contributed by atoms with Crippen molar-refractivity contribution < 1.29 is 32.2 Å². The molecule has 0 saturated heterocycles. The van der Waals surface area contributed by atoms with E-state index in [1.54, 1.807) is 51.1 Å². The first-order valence-electron chi connectivity index (χ1n) is 10.2. The molecule has 0 saturated carbocycles. The molecule has 0 amide bonds. The zero-order valence-corrected chi connectivity index (χ0v) is 19.0. The summed E-state index contributed by atoms with van der Waals surface area (Å²) in [6, 6.07) is 10.4. The minimum absolute atomic E-state index is 0.00743. The van der Waals surface area contributed by atoms with Crippen molar-refractivity contribution in [2.75, 3.05) is 12.4 Å². The van der Waals surface area contributed by atoms with Gasteiger partial charge in [0, 0.05) is 17.2 Å². The average Bonchev–Trinajstić information content (AvgIpc) is 2.78. The van der Waals surface area contributed by atoms with Crippen molar-refractivity contribution in [2.45, 2.75) is 37.8 Å². The van der Waals surface area contributed by atoms with E-state index in [2.05, 4.69) is 4.98 Å². The van der Waals surface area contributed by atoms with Crippen LogP contribution >= 0.6 is 11.8 Å². The Kier molecular flexibility index (Phi) is 7.97. The average molecular weight is 478 g/mol. The quantitative estimate of drug-likeness (QED) is 0.300. The zero-order chi connectivity index (χ0) is 24.1. The fraction of sp³-hybridized carbons (Fsp3) is 0.292. The van der Waals surface area contributed by atoms with Crippen LogP contribution in [0.2, 0.25) is 0 Å². The minimum atomic E-state index is -1.20. The molecule has 0 radical (unpaired) electrons. The molecule has 0 bridgehead atoms. The van der Waals surface area contributed by atoms with Gasteiger partial charge in [-0.3, -0.25) is 9.18 Å². The summed E-state index contributed by atoms with van der Waals surface area (Å²) in [4.78, 5) is 30.2. The molecule has 0 aliphatic rings. The summed E-state index contributed by atoms with van der Waals surface area (Å²) in [5.74, 6) is -5.06. The molecule has 1 aromatic heterocycles. The molecule has 0 aliphatic carbocycles. The van der Waals surface area contributed by atoms with Crippen LogP contribution in [0, 0.1) is 11.6 Å². The predicted octanol–water partition coefficient (Wildman–Crippen LogP) is 5.85. The molecule has 2 aromatic carbocycles. The highest BCUT2D eigenvalue weighted by Gasteiger charge is 2.29. The lowest BCUT2D eigenvalue weighted by Crippen LogP contribution is -2.20. The number of thioether (sulfide) groups is 1. The fourth-order valence-electron chi connectivity index (χ4n) is 3.07. The van der Waals surface area contributed by atoms with Gasteiger partial charge in [-0.2, -0.15) is 0 Å². The Bertz CT molecular complexity index is 1170. The zero-order valence-electron chi connectivity index (χ0n) is 18.2. The fourth-order valence-corrected chi connectivity index (χ4v) is 3.83. The lowest BCUT2D eigenvalue weighted by Gasteiger charge is -2.18. The van der Waals surface area contributed by atoms with Crippen molar-refractivity contribution in [1.29, 1.82) is 0 Å². The molecular formula is C24H22F3NO4S. The van der Waals surface area contributed by atoms with E-state index < -0.39 is 42.3 Å². The molecule has 0 fully saturated rings. The lowest BCUT2D eigenvalue weighted by atomic mass is 10.0. The number of aromatic nitrogens is 1. The maximum absolute atomic E-state index is 14.1. The first-order valence-corrected chi connectivity index (χ1v) is 11.2. The SMILES string of the molecule is CC(C)OC(=O)c1c(SCCF)nc2cc(F)c(F)cc2c1OC(=O)C(C)c1ccccc1. The van der Waals surface area contributed by atoms with E-state index in [-0.39, 0.29) is 33.0 Å². The van der Waals surface area contributed by atoms with Gasteiger partial charge in [0.15, 0.2) is 17.4 Å². The number of esters is 2. The number of fused-ring (bicyclic) bond motifs is 1. The van der Waals surface area contributed by atoms with Gasteiger partial charge < -0.3 is 9.47 Å². The van der Waals surface area contributed by atoms with Crippen LogP contribution in [0.1, 0.15) is 42.6 Å². The number of halogens is 3. The van der Waals surface area contributed by atoms with Crippen LogP contribution < -0.4 is 4.74 Å². The first kappa shape index (κ1) is 24.6. The van der Waals surface area contributed by atoms with Crippen LogP contribution in [-0.2, 0) is 9.53 Å². The van der Waals surface area contributed by atoms with Crippen molar-refractivity contribution in [3.05, 3.63) is 65.2 Å². The highest BCUT2D eigenvalue weighted by molar-refractivity contribution is 7.99. The van der Waals surface area contributed by atoms with Gasteiger partial charge in [-0.15, -0.1) is 11.8 Å². The first-order chi connectivity index (χ1) is 15.7. The van der Waals surface area contributed by atoms with E-state index in [0.29, 0.717) is 5.56 Å². The van der Waals surface area contributed by atoms with Gasteiger partial charge in [-0.1, -0.05) is 30.3 Å². The van der Waals surface area contributed by atoms with Crippen LogP contribution in [0.3, 0.4) is 0 Å². The monoisotopic (exact) mass is 477 g/mol. The molecule has 3 aromatic rings. The second-order valence-electron chi connectivity index (χ2n) is 7.45. The van der Waals surface area contributed by atoms with Crippen molar-refractivity contribution >= 4 is 34.6 Å². The van der Waals surface area contributed by atoms with Gasteiger partial charge in [-0.05, 0) is 32.4 Å². The third-order valence-electron chi connectivity index (χ3n) is 4.66. The van der Waals surface area contributed by atoms with Crippen molar-refractivity contribution in [3.8, 4) is 5.75 Å². The second-order valence-corrected chi connectivity index (χ2v) is 8.53. The van der Waals surface area contributed by atoms with Crippen LogP contribution in [0.25, 0.3) is 10.9 Å². The Morgan fingerprint density at radius 3 is 2.36 bits per heavy atom. The Balaban J connectivity index is 2.20. The van der Waals surface area contributed by atoms with Crippen molar-refractivity contribution in [1.82, 2.24) is 4.98 Å². The van der Waals surface area contributed by atoms with Gasteiger partial charge in [0.1, 0.15) is 10.6 Å². The molecule has 1 unspecified atom stereocenters. The Morgan fingerprint density at radius 2 is 1.73 bits per heavy atom. The summed E-state index contributed by atoms with van der Waals surface area (Å²) in [6.45, 7) is 4.14. The van der Waals surface area contributed by atoms with Crippen LogP contribution in [0.5, 0.6) is 5.75 Å². The number of rotatable bonds is 8. The summed E-state index contributed by atoms with van der Waals surface area (Å²) in [5.41, 5.74) is 0.372. The molecule has 5 nitrogen and oxygen atoms in total. The maximum atomic E-state index is 14.1. The Hall–Kier alpha value is -3.07. The number of hydrogen-bond donors (Lipinski definition) is 0. The number of hydrogen-bond acceptors (Lipinski definition) is 6. The molecule has 1 heterocycles. The summed E-state index contributed by atoms with van der Waals surface area (Å²) in [7, 11) is 0. The predicted molar refractivity (Wildman–Crippen MR) is 119 cm³/mol. The smallest absolute Gasteiger partial charge is 0.345 e. The van der Waals surface area contributed by atoms with E-state index in [4.69, 9.17) is 9.47 Å². The van der Waals surface area contributed by atoms with E-state index in [1.165, 1.54) is 0 Å². The highest BCUT2D eigenvalue weighted by Crippen LogP contribution is 2.38. The van der Waals surface area contributed by atoms with Crippen molar-refractivity contribution in [2.24, 2.45) is 0 Å². The summed E-state index contributed by atoms with van der Waals surface area (Å²) in [5, 5.41) is -0.0882. The van der Waals surface area contributed by atoms with E-state index in [9.17, 15) is 22.8 Å². The molecule has 174 valence electrons. The summed E-state index contributed by atoms with van der Waals surface area (Å²) in [6.07, 6.45) is -0.524. The molecule has 0 N–H and O–H groups in total. The van der Waals surface area contributed by atoms with Crippen LogP contribution in [0.4, 0.5) is 13.2 Å². The third kappa shape index (κ3) is 5.65. The number of benzene rings is 2. The number of alkyl halides is 1. The number of ether oxygens (including phenoxy) is 2. The number of nitrogens with zero attached hydrogens (tertiary/aromatic N) is 1. The van der Waals surface area contributed by atoms with Crippen molar-refractivity contribution in [3.63, 3.8) is 0 Å². The maximum Gasteiger partial charge on any atom is 0.345 e. The molecule has 33 heavy (non-hydrogen) atoms. The van der Waals surface area contributed by atoms with Gasteiger partial charge in [0.2, 0.25) is 0 Å². The molecular weight excluding hydrogens is 455 g/mol. The molecule has 9 heteroatoms. The van der Waals surface area contributed by atoms with E-state index in [1.807, 2.05) is 0 Å². The number of carbonyl (C=O) groups excluding carboxylic acids is 2. The Labute approximate surface area is 193 Å². The normalized spacial score (nSPS) is 12.1. The molecule has 0 spiro atoms. The van der Waals surface area contributed by atoms with E-state index in [0.717, 1.165) is 23.9 Å². The van der Waals surface area contributed by atoms with Gasteiger partial charge in [0.05, 0.1) is 24.2 Å². The second kappa shape index (κ2) is 10.7. The lowest BCUT2D eigenvalue weighted by molar-refractivity contribution is -0.135. The highest BCUT2D eigenvalue weighted by atomic mass is 32.2. The third-order valence-corrected chi connectivity index (χ3v) is 5.59. The minimum Gasteiger partial charge on any atom is -0.459 e. The molecule has 0 aliphatic heterocycles. The van der Waals surface area contributed by atoms with Gasteiger partial charge in [0.25, 0.3) is 0 Å². The standard InChI is InChI=1S/C24H22F3NO4S/c1-13(2)31-24(30)20-21(32-23(29)14(3)15-7-5-4-6-8-15)16-11-17(26)18(27)12-19(16)28-22(20)33-10-9-25/h4-8,11-14H,9-10H2,1-3H3.